The number of nitrogens with one attached hydrogen (secondary N) is 1. The highest BCUT2D eigenvalue weighted by Gasteiger charge is 2.24. The van der Waals surface area contributed by atoms with Gasteiger partial charge in [-0.25, -0.2) is 29.9 Å². The van der Waals surface area contributed by atoms with Gasteiger partial charge in [-0.3, -0.25) is 37.2 Å². The monoisotopic (exact) mass is 1320 g/mol. The van der Waals surface area contributed by atoms with Gasteiger partial charge in [0.05, 0.1) is 38.5 Å². The number of para-hydroxylation sites is 2. The van der Waals surface area contributed by atoms with E-state index in [9.17, 15) is 14.4 Å². The van der Waals surface area contributed by atoms with E-state index in [0.717, 1.165) is 11.4 Å². The standard InChI is InChI=1S/2C23H13Cl3N4O.C17H9Cl3N4O/c24-14-6-9-17(10-7-14)30-22(18-11-8-15(25)12-19(18)26)28-21-20(23(30)31)29(13-27-21)16-4-2-1-3-5-16;24-14-6-9-17(10-7-14)30-21(18-11-8-15(25)12-19(18)26)28-22-20(23(30)31)27-13-29(22)16-4-2-1-3-5-16;18-9-1-4-11(5-2-9)24-16(12-6-3-10(19)7-13(12)20)23-15-14(17(24)25)21-8-22-15/h2*1-13H;1-8H,(H,21,22). The van der Waals surface area contributed by atoms with Crippen molar-refractivity contribution in [2.75, 3.05) is 0 Å². The number of fused-ring (bicyclic) bond motifs is 3. The van der Waals surface area contributed by atoms with Crippen molar-refractivity contribution in [2.45, 2.75) is 0 Å². The normalized spacial score (nSPS) is 11.2. The van der Waals surface area contributed by atoms with E-state index in [1.54, 1.807) is 149 Å². The van der Waals surface area contributed by atoms with Crippen LogP contribution in [-0.4, -0.2) is 57.7 Å². The van der Waals surface area contributed by atoms with Crippen molar-refractivity contribution in [3.05, 3.63) is 283 Å². The van der Waals surface area contributed by atoms with Crippen molar-refractivity contribution in [3.63, 3.8) is 0 Å². The SMILES string of the molecule is O=c1c2[nH]cnc2nc(-c2ccc(Cl)cc2Cl)n1-c1ccc(Cl)cc1.O=c1c2c(ncn2-c2ccccc2)nc(-c2ccc(Cl)cc2Cl)n1-c1ccc(Cl)cc1.O=c1c2ncn(-c3ccccc3)c2nc(-c2ccc(Cl)cc2Cl)n1-c1ccc(Cl)cc1. The van der Waals surface area contributed by atoms with Crippen LogP contribution < -0.4 is 16.7 Å². The molecule has 428 valence electrons. The van der Waals surface area contributed by atoms with Crippen LogP contribution in [0.5, 0.6) is 0 Å². The Morgan fingerprint density at radius 2 is 0.736 bits per heavy atom. The zero-order valence-corrected chi connectivity index (χ0v) is 51.0. The van der Waals surface area contributed by atoms with Crippen LogP contribution >= 0.6 is 104 Å². The minimum absolute atomic E-state index is 0.243. The van der Waals surface area contributed by atoms with Crippen molar-refractivity contribution in [2.24, 2.45) is 0 Å². The first-order chi connectivity index (χ1) is 42.1. The largest absolute Gasteiger partial charge is 0.339 e. The van der Waals surface area contributed by atoms with Gasteiger partial charge in [-0.05, 0) is 152 Å². The molecule has 0 bridgehead atoms. The Bertz CT molecular complexity index is 5110. The molecule has 0 amide bonds. The molecular weight excluding hydrogens is 1290 g/mol. The molecule has 0 fully saturated rings. The number of benzene rings is 8. The summed E-state index contributed by atoms with van der Waals surface area (Å²) in [7, 11) is 0. The number of aromatic amines is 1. The molecule has 15 nitrogen and oxygen atoms in total. The van der Waals surface area contributed by atoms with Gasteiger partial charge in [0.2, 0.25) is 0 Å². The van der Waals surface area contributed by atoms with Gasteiger partial charge < -0.3 is 4.98 Å². The van der Waals surface area contributed by atoms with Gasteiger partial charge in [-0.1, -0.05) is 141 Å². The molecule has 0 aliphatic carbocycles. The third kappa shape index (κ3) is 11.9. The average molecular weight is 1330 g/mol. The highest BCUT2D eigenvalue weighted by atomic mass is 35.5. The molecule has 8 aromatic carbocycles. The molecule has 6 aromatic heterocycles. The van der Waals surface area contributed by atoms with E-state index in [0.29, 0.717) is 124 Å². The van der Waals surface area contributed by atoms with Crippen LogP contribution in [0.25, 0.3) is 96.1 Å². The number of H-pyrrole nitrogens is 1. The van der Waals surface area contributed by atoms with E-state index >= 15 is 0 Å². The summed E-state index contributed by atoms with van der Waals surface area (Å²) in [6, 6.07) is 55.0. The molecule has 0 aliphatic heterocycles. The second-order valence-electron chi connectivity index (χ2n) is 18.9. The predicted octanol–water partition coefficient (Wildman–Crippen LogP) is 17.1. The van der Waals surface area contributed by atoms with Crippen molar-refractivity contribution in [1.29, 1.82) is 0 Å². The molecule has 14 rings (SSSR count). The topological polar surface area (TPSA) is 169 Å². The Hall–Kier alpha value is -8.58. The number of halogens is 9. The Balaban J connectivity index is 0.000000128. The van der Waals surface area contributed by atoms with E-state index in [-0.39, 0.29) is 22.2 Å². The number of hydrogen-bond acceptors (Lipinski definition) is 9. The second-order valence-corrected chi connectivity index (χ2v) is 22.7. The first-order valence-corrected chi connectivity index (χ1v) is 29.2. The molecule has 1 N–H and O–H groups in total. The van der Waals surface area contributed by atoms with Crippen LogP contribution in [0.2, 0.25) is 45.2 Å². The van der Waals surface area contributed by atoms with Gasteiger partial charge in [0.1, 0.15) is 12.7 Å². The summed E-state index contributed by atoms with van der Waals surface area (Å²) in [4.78, 5) is 70.1. The fraction of sp³-hybridized carbons (Fsp3) is 0. The zero-order valence-electron chi connectivity index (χ0n) is 44.2. The van der Waals surface area contributed by atoms with Crippen LogP contribution in [0.15, 0.2) is 221 Å². The zero-order chi connectivity index (χ0) is 60.6. The van der Waals surface area contributed by atoms with Crippen molar-refractivity contribution < 1.29 is 0 Å². The predicted molar refractivity (Wildman–Crippen MR) is 350 cm³/mol. The van der Waals surface area contributed by atoms with E-state index in [1.165, 1.54) is 20.0 Å². The van der Waals surface area contributed by atoms with Gasteiger partial charge in [-0.15, -0.1) is 0 Å². The maximum Gasteiger partial charge on any atom is 0.286 e. The Morgan fingerprint density at radius 3 is 1.20 bits per heavy atom. The lowest BCUT2D eigenvalue weighted by molar-refractivity contribution is 0.959. The van der Waals surface area contributed by atoms with Gasteiger partial charge >= 0.3 is 0 Å². The summed E-state index contributed by atoms with van der Waals surface area (Å²) in [6.45, 7) is 0. The van der Waals surface area contributed by atoms with Gasteiger partial charge in [0, 0.05) is 58.2 Å². The lowest BCUT2D eigenvalue weighted by Gasteiger charge is -2.14. The minimum Gasteiger partial charge on any atom is -0.339 e. The molecule has 0 saturated heterocycles. The molecular formula is C63H35Cl9N12O3. The average Bonchev–Trinajstić information content (AvgIpc) is 2.00. The third-order valence-corrected chi connectivity index (χ3v) is 15.8. The maximum atomic E-state index is 13.8. The number of aromatic nitrogens is 12. The molecule has 0 saturated carbocycles. The smallest absolute Gasteiger partial charge is 0.286 e. The Kier molecular flexibility index (Phi) is 16.9. The van der Waals surface area contributed by atoms with E-state index in [4.69, 9.17) is 114 Å². The fourth-order valence-electron chi connectivity index (χ4n) is 9.42. The van der Waals surface area contributed by atoms with Crippen LogP contribution in [-0.2, 0) is 0 Å². The number of hydrogen-bond donors (Lipinski definition) is 1. The summed E-state index contributed by atoms with van der Waals surface area (Å²) in [6.07, 6.45) is 4.61. The molecule has 0 unspecified atom stereocenters. The summed E-state index contributed by atoms with van der Waals surface area (Å²) in [5.74, 6) is 1.10. The third-order valence-electron chi connectivity index (χ3n) is 13.4. The summed E-state index contributed by atoms with van der Waals surface area (Å²) >= 11 is 55.5. The summed E-state index contributed by atoms with van der Waals surface area (Å²) < 4.78 is 7.96. The lowest BCUT2D eigenvalue weighted by Crippen LogP contribution is -2.23. The lowest BCUT2D eigenvalue weighted by atomic mass is 10.2. The van der Waals surface area contributed by atoms with E-state index < -0.39 is 0 Å². The highest BCUT2D eigenvalue weighted by Crippen LogP contribution is 2.35. The number of nitrogens with zero attached hydrogens (tertiary/aromatic N) is 11. The van der Waals surface area contributed by atoms with Crippen LogP contribution in [0.1, 0.15) is 0 Å². The summed E-state index contributed by atoms with van der Waals surface area (Å²) in [5.41, 5.74) is 6.26. The Morgan fingerprint density at radius 1 is 0.345 bits per heavy atom. The van der Waals surface area contributed by atoms with Gasteiger partial charge in [0.25, 0.3) is 16.7 Å². The molecule has 24 heteroatoms. The number of imidazole rings is 3. The first-order valence-electron chi connectivity index (χ1n) is 25.8. The first kappa shape index (κ1) is 58.8. The van der Waals surface area contributed by atoms with Crippen molar-refractivity contribution in [1.82, 2.24) is 57.7 Å². The molecule has 0 radical (unpaired) electrons. The molecule has 87 heavy (non-hydrogen) atoms. The van der Waals surface area contributed by atoms with Crippen LogP contribution in [0.4, 0.5) is 0 Å². The van der Waals surface area contributed by atoms with E-state index in [1.807, 2.05) is 60.7 Å². The van der Waals surface area contributed by atoms with E-state index in [2.05, 4.69) is 24.9 Å². The van der Waals surface area contributed by atoms with Crippen LogP contribution in [0, 0.1) is 0 Å². The number of rotatable bonds is 8. The van der Waals surface area contributed by atoms with Crippen molar-refractivity contribution in [3.8, 4) is 62.6 Å². The molecule has 6 heterocycles. The molecule has 14 aromatic rings. The molecule has 0 aliphatic rings. The van der Waals surface area contributed by atoms with Gasteiger partial charge in [-0.2, -0.15) is 0 Å². The fourth-order valence-corrected chi connectivity index (χ4v) is 11.3. The maximum absolute atomic E-state index is 13.8. The Labute approximate surface area is 537 Å². The van der Waals surface area contributed by atoms with Crippen molar-refractivity contribution >= 4 is 138 Å². The second kappa shape index (κ2) is 25.0. The quantitative estimate of drug-likeness (QED) is 0.156. The van der Waals surface area contributed by atoms with Crippen LogP contribution in [0.3, 0.4) is 0 Å². The molecule has 0 spiro atoms. The summed E-state index contributed by atoms with van der Waals surface area (Å²) in [5, 5.41) is 4.31. The highest BCUT2D eigenvalue weighted by molar-refractivity contribution is 6.38. The minimum atomic E-state index is -0.317. The molecule has 0 atom stereocenters. The van der Waals surface area contributed by atoms with Gasteiger partial charge in [0.15, 0.2) is 51.0 Å².